The van der Waals surface area contributed by atoms with Gasteiger partial charge in [-0.1, -0.05) is 6.07 Å². The van der Waals surface area contributed by atoms with E-state index in [2.05, 4.69) is 16.0 Å². The number of ether oxygens (including phenoxy) is 1. The first-order valence-corrected chi connectivity index (χ1v) is 6.91. The van der Waals surface area contributed by atoms with Gasteiger partial charge in [-0.05, 0) is 45.4 Å². The molecule has 1 aliphatic heterocycles. The van der Waals surface area contributed by atoms with E-state index in [1.807, 2.05) is 26.8 Å². The second kappa shape index (κ2) is 5.63. The number of anilines is 1. The Balaban J connectivity index is 1.98. The number of benzene rings is 1. The Morgan fingerprint density at radius 3 is 2.76 bits per heavy atom. The number of amides is 3. The predicted molar refractivity (Wildman–Crippen MR) is 80.3 cm³/mol. The van der Waals surface area contributed by atoms with Crippen molar-refractivity contribution in [2.45, 2.75) is 45.9 Å². The summed E-state index contributed by atoms with van der Waals surface area (Å²) in [6.45, 7) is 7.82. The Morgan fingerprint density at radius 1 is 1.38 bits per heavy atom. The van der Waals surface area contributed by atoms with Crippen LogP contribution >= 0.6 is 0 Å². The zero-order valence-electron chi connectivity index (χ0n) is 12.7. The normalized spacial score (nSPS) is 17.3. The predicted octanol–water partition coefficient (Wildman–Crippen LogP) is 2.00. The minimum atomic E-state index is -0.487. The fraction of sp³-hybridized carbons (Fsp3) is 0.467. The maximum Gasteiger partial charge on any atom is 0.315 e. The molecule has 1 aromatic rings. The molecule has 3 N–H and O–H groups in total. The monoisotopic (exact) mass is 291 g/mol. The maximum atomic E-state index is 11.7. The first kappa shape index (κ1) is 15.2. The number of carbonyl (C=O) groups excluding carboxylic acids is 2. The van der Waals surface area contributed by atoms with E-state index in [9.17, 15) is 9.59 Å². The van der Waals surface area contributed by atoms with Crippen LogP contribution in [0.4, 0.5) is 10.5 Å². The smallest absolute Gasteiger partial charge is 0.315 e. The SMILES string of the molecule is CC1Oc2ccc(CNC(=O)NC(C)(C)C)cc2NC1=O. The highest BCUT2D eigenvalue weighted by Crippen LogP contribution is 2.30. The molecule has 6 heteroatoms. The lowest BCUT2D eigenvalue weighted by Crippen LogP contribution is -2.46. The zero-order valence-corrected chi connectivity index (χ0v) is 12.7. The molecule has 3 amide bonds. The van der Waals surface area contributed by atoms with Crippen molar-refractivity contribution in [3.63, 3.8) is 0 Å². The van der Waals surface area contributed by atoms with E-state index in [0.717, 1.165) is 5.56 Å². The van der Waals surface area contributed by atoms with Crippen LogP contribution in [0, 0.1) is 0 Å². The molecule has 0 spiro atoms. The zero-order chi connectivity index (χ0) is 15.6. The Labute approximate surface area is 124 Å². The van der Waals surface area contributed by atoms with Gasteiger partial charge in [0.1, 0.15) is 5.75 Å². The summed E-state index contributed by atoms with van der Waals surface area (Å²) >= 11 is 0. The molecule has 21 heavy (non-hydrogen) atoms. The van der Waals surface area contributed by atoms with Crippen molar-refractivity contribution in [1.29, 1.82) is 0 Å². The van der Waals surface area contributed by atoms with E-state index in [0.29, 0.717) is 18.0 Å². The van der Waals surface area contributed by atoms with Gasteiger partial charge in [0.05, 0.1) is 5.69 Å². The Morgan fingerprint density at radius 2 is 2.10 bits per heavy atom. The highest BCUT2D eigenvalue weighted by molar-refractivity contribution is 5.97. The molecule has 0 aliphatic carbocycles. The molecule has 0 fully saturated rings. The summed E-state index contributed by atoms with van der Waals surface area (Å²) in [5, 5.41) is 8.38. The van der Waals surface area contributed by atoms with E-state index in [1.54, 1.807) is 19.1 Å². The summed E-state index contributed by atoms with van der Waals surface area (Å²) in [4.78, 5) is 23.3. The molecular formula is C15H21N3O3. The molecule has 0 bridgehead atoms. The van der Waals surface area contributed by atoms with Gasteiger partial charge in [0.25, 0.3) is 5.91 Å². The Kier molecular flexibility index (Phi) is 4.06. The molecule has 1 aromatic carbocycles. The van der Waals surface area contributed by atoms with Crippen LogP contribution in [0.15, 0.2) is 18.2 Å². The Bertz CT molecular complexity index is 564. The van der Waals surface area contributed by atoms with Crippen LogP contribution < -0.4 is 20.7 Å². The Hall–Kier alpha value is -2.24. The number of fused-ring (bicyclic) bond motifs is 1. The fourth-order valence-electron chi connectivity index (χ4n) is 1.93. The van der Waals surface area contributed by atoms with Crippen molar-refractivity contribution in [1.82, 2.24) is 10.6 Å². The molecule has 2 rings (SSSR count). The number of hydrogen-bond donors (Lipinski definition) is 3. The third kappa shape index (κ3) is 4.11. The number of urea groups is 1. The maximum absolute atomic E-state index is 11.7. The lowest BCUT2D eigenvalue weighted by molar-refractivity contribution is -0.122. The van der Waals surface area contributed by atoms with Crippen LogP contribution in [0.1, 0.15) is 33.3 Å². The van der Waals surface area contributed by atoms with E-state index in [4.69, 9.17) is 4.74 Å². The van der Waals surface area contributed by atoms with E-state index >= 15 is 0 Å². The summed E-state index contributed by atoms with van der Waals surface area (Å²) in [7, 11) is 0. The summed E-state index contributed by atoms with van der Waals surface area (Å²) in [6, 6.07) is 5.23. The largest absolute Gasteiger partial charge is 0.479 e. The summed E-state index contributed by atoms with van der Waals surface area (Å²) in [5.74, 6) is 0.475. The average molecular weight is 291 g/mol. The first-order chi connectivity index (χ1) is 9.74. The third-order valence-electron chi connectivity index (χ3n) is 2.92. The number of carbonyl (C=O) groups is 2. The van der Waals surface area contributed by atoms with Crippen LogP contribution in [-0.2, 0) is 11.3 Å². The van der Waals surface area contributed by atoms with E-state index in [-0.39, 0.29) is 17.5 Å². The molecule has 1 aliphatic rings. The van der Waals surface area contributed by atoms with Gasteiger partial charge in [-0.15, -0.1) is 0 Å². The quantitative estimate of drug-likeness (QED) is 0.779. The van der Waals surface area contributed by atoms with Gasteiger partial charge in [-0.2, -0.15) is 0 Å². The molecule has 1 atom stereocenters. The molecule has 0 saturated heterocycles. The van der Waals surface area contributed by atoms with Crippen molar-refractivity contribution in [3.8, 4) is 5.75 Å². The molecule has 1 heterocycles. The summed E-state index contributed by atoms with van der Waals surface area (Å²) in [5.41, 5.74) is 1.24. The summed E-state index contributed by atoms with van der Waals surface area (Å²) < 4.78 is 5.48. The minimum Gasteiger partial charge on any atom is -0.479 e. The van der Waals surface area contributed by atoms with Crippen LogP contribution in [-0.4, -0.2) is 23.6 Å². The third-order valence-corrected chi connectivity index (χ3v) is 2.92. The topological polar surface area (TPSA) is 79.5 Å². The van der Waals surface area contributed by atoms with Gasteiger partial charge in [0.2, 0.25) is 0 Å². The van der Waals surface area contributed by atoms with Crippen LogP contribution in [0.5, 0.6) is 5.75 Å². The summed E-state index contributed by atoms with van der Waals surface area (Å²) in [6.07, 6.45) is -0.487. The van der Waals surface area contributed by atoms with Crippen LogP contribution in [0.3, 0.4) is 0 Å². The second-order valence-corrected chi connectivity index (χ2v) is 6.14. The van der Waals surface area contributed by atoms with Crippen molar-refractivity contribution in [2.24, 2.45) is 0 Å². The van der Waals surface area contributed by atoms with Gasteiger partial charge in [-0.3, -0.25) is 4.79 Å². The molecular weight excluding hydrogens is 270 g/mol. The van der Waals surface area contributed by atoms with Gasteiger partial charge in [0, 0.05) is 12.1 Å². The highest BCUT2D eigenvalue weighted by Gasteiger charge is 2.23. The fourth-order valence-corrected chi connectivity index (χ4v) is 1.93. The van der Waals surface area contributed by atoms with Gasteiger partial charge in [-0.25, -0.2) is 4.79 Å². The molecule has 0 saturated carbocycles. The number of hydrogen-bond acceptors (Lipinski definition) is 3. The van der Waals surface area contributed by atoms with Gasteiger partial charge >= 0.3 is 6.03 Å². The lowest BCUT2D eigenvalue weighted by atomic mass is 10.1. The van der Waals surface area contributed by atoms with Gasteiger partial charge in [0.15, 0.2) is 6.10 Å². The first-order valence-electron chi connectivity index (χ1n) is 6.91. The highest BCUT2D eigenvalue weighted by atomic mass is 16.5. The van der Waals surface area contributed by atoms with Crippen molar-refractivity contribution in [3.05, 3.63) is 23.8 Å². The van der Waals surface area contributed by atoms with Crippen LogP contribution in [0.25, 0.3) is 0 Å². The molecule has 114 valence electrons. The lowest BCUT2D eigenvalue weighted by Gasteiger charge is -2.24. The minimum absolute atomic E-state index is 0.168. The van der Waals surface area contributed by atoms with Gasteiger partial charge < -0.3 is 20.7 Å². The van der Waals surface area contributed by atoms with E-state index < -0.39 is 6.10 Å². The number of nitrogens with one attached hydrogen (secondary N) is 3. The molecule has 0 radical (unpaired) electrons. The average Bonchev–Trinajstić information content (AvgIpc) is 2.36. The second-order valence-electron chi connectivity index (χ2n) is 6.14. The van der Waals surface area contributed by atoms with E-state index in [1.165, 1.54) is 0 Å². The van der Waals surface area contributed by atoms with Crippen molar-refractivity contribution < 1.29 is 14.3 Å². The standard InChI is InChI=1S/C15H21N3O3/c1-9-13(19)17-11-7-10(5-6-12(11)21-9)8-16-14(20)18-15(2,3)4/h5-7,9H,8H2,1-4H3,(H,17,19)(H2,16,18,20). The molecule has 1 unspecified atom stereocenters. The number of rotatable bonds is 2. The molecule has 0 aromatic heterocycles. The van der Waals surface area contributed by atoms with Crippen molar-refractivity contribution in [2.75, 3.05) is 5.32 Å². The van der Waals surface area contributed by atoms with Crippen molar-refractivity contribution >= 4 is 17.6 Å². The van der Waals surface area contributed by atoms with Crippen LogP contribution in [0.2, 0.25) is 0 Å². The molecule has 6 nitrogen and oxygen atoms in total.